The van der Waals surface area contributed by atoms with Gasteiger partial charge in [0, 0.05) is 28.5 Å². The number of imidazole rings is 1. The highest BCUT2D eigenvalue weighted by molar-refractivity contribution is 6.02. The lowest BCUT2D eigenvalue weighted by atomic mass is 10.1. The van der Waals surface area contributed by atoms with Gasteiger partial charge in [-0.05, 0) is 68.0 Å². The minimum atomic E-state index is -0.301. The molecule has 4 rings (SSSR count). The third kappa shape index (κ3) is 4.72. The fourth-order valence-corrected chi connectivity index (χ4v) is 3.36. The van der Waals surface area contributed by atoms with Crippen LogP contribution in [0.5, 0.6) is 0 Å². The summed E-state index contributed by atoms with van der Waals surface area (Å²) >= 11 is 0. The van der Waals surface area contributed by atoms with Crippen molar-refractivity contribution in [1.29, 1.82) is 0 Å². The molecule has 7 nitrogen and oxygen atoms in total. The maximum Gasteiger partial charge on any atom is 0.248 e. The molecule has 2 N–H and O–H groups in total. The summed E-state index contributed by atoms with van der Waals surface area (Å²) in [5, 5.41) is 13.3. The van der Waals surface area contributed by atoms with Crippen LogP contribution in [0.25, 0.3) is 28.5 Å². The van der Waals surface area contributed by atoms with Crippen molar-refractivity contribution in [3.63, 3.8) is 0 Å². The molecule has 0 aliphatic carbocycles. The molecule has 0 fully saturated rings. The fourth-order valence-electron chi connectivity index (χ4n) is 3.36. The molecule has 0 saturated heterocycles. The summed E-state index contributed by atoms with van der Waals surface area (Å²) < 4.78 is 0.954. The zero-order valence-electron chi connectivity index (χ0n) is 18.1. The van der Waals surface area contributed by atoms with Crippen molar-refractivity contribution in [1.82, 2.24) is 9.71 Å². The SMILES string of the molecule is CC(=O)c1ccc(C=CC(=O)Nc2ccc(-c3nc4ccc(C(C)=O)cc4n3O)cc2)cc1. The van der Waals surface area contributed by atoms with E-state index in [1.165, 1.54) is 19.9 Å². The van der Waals surface area contributed by atoms with E-state index in [0.717, 1.165) is 10.3 Å². The third-order valence-corrected chi connectivity index (χ3v) is 5.19. The summed E-state index contributed by atoms with van der Waals surface area (Å²) in [6.45, 7) is 2.97. The number of Topliss-reactive ketones (excluding diaryl/α,β-unsaturated/α-hetero) is 2. The topological polar surface area (TPSA) is 101 Å². The Balaban J connectivity index is 1.47. The molecule has 0 aliphatic heterocycles. The lowest BCUT2D eigenvalue weighted by Crippen LogP contribution is -2.07. The predicted octanol–water partition coefficient (Wildman–Crippen LogP) is 5.00. The number of nitrogens with one attached hydrogen (secondary N) is 1. The summed E-state index contributed by atoms with van der Waals surface area (Å²) in [6, 6.07) is 18.8. The first-order chi connectivity index (χ1) is 15.8. The molecule has 0 radical (unpaired) electrons. The van der Waals surface area contributed by atoms with Gasteiger partial charge >= 0.3 is 0 Å². The summed E-state index contributed by atoms with van der Waals surface area (Å²) in [5.41, 5.74) is 4.16. The number of carbonyl (C=O) groups excluding carboxylic acids is 3. The van der Waals surface area contributed by atoms with E-state index in [9.17, 15) is 19.6 Å². The molecular formula is C26H21N3O4. The molecule has 4 aromatic rings. The van der Waals surface area contributed by atoms with Gasteiger partial charge in [-0.2, -0.15) is 4.73 Å². The minimum Gasteiger partial charge on any atom is -0.426 e. The number of nitrogens with zero attached hydrogens (tertiary/aromatic N) is 2. The molecule has 1 aromatic heterocycles. The van der Waals surface area contributed by atoms with Crippen molar-refractivity contribution in [3.05, 3.63) is 89.5 Å². The molecule has 7 heteroatoms. The molecule has 0 aliphatic rings. The van der Waals surface area contributed by atoms with E-state index in [0.29, 0.717) is 39.2 Å². The molecule has 0 unspecified atom stereocenters. The molecule has 164 valence electrons. The second kappa shape index (κ2) is 8.92. The molecule has 3 aromatic carbocycles. The van der Waals surface area contributed by atoms with Crippen LogP contribution in [-0.2, 0) is 4.79 Å². The Morgan fingerprint density at radius 3 is 2.15 bits per heavy atom. The minimum absolute atomic E-state index is 0.00991. The smallest absolute Gasteiger partial charge is 0.248 e. The lowest BCUT2D eigenvalue weighted by molar-refractivity contribution is -0.111. The Hall–Kier alpha value is -4.52. The Kier molecular flexibility index (Phi) is 5.87. The number of benzene rings is 3. The summed E-state index contributed by atoms with van der Waals surface area (Å²) in [7, 11) is 0. The van der Waals surface area contributed by atoms with E-state index in [-0.39, 0.29) is 17.5 Å². The number of hydrogen-bond acceptors (Lipinski definition) is 5. The van der Waals surface area contributed by atoms with Crippen molar-refractivity contribution in [3.8, 4) is 11.4 Å². The van der Waals surface area contributed by atoms with Crippen LogP contribution in [0.2, 0.25) is 0 Å². The maximum absolute atomic E-state index is 12.2. The highest BCUT2D eigenvalue weighted by Gasteiger charge is 2.13. The van der Waals surface area contributed by atoms with Crippen molar-refractivity contribution in [2.24, 2.45) is 0 Å². The van der Waals surface area contributed by atoms with E-state index >= 15 is 0 Å². The first-order valence-corrected chi connectivity index (χ1v) is 10.2. The van der Waals surface area contributed by atoms with Crippen molar-refractivity contribution in [2.45, 2.75) is 13.8 Å². The molecule has 1 heterocycles. The number of amides is 1. The van der Waals surface area contributed by atoms with Crippen LogP contribution in [0.3, 0.4) is 0 Å². The van der Waals surface area contributed by atoms with Gasteiger partial charge < -0.3 is 10.5 Å². The highest BCUT2D eigenvalue weighted by atomic mass is 16.5. The largest absolute Gasteiger partial charge is 0.426 e. The molecule has 0 saturated carbocycles. The quantitative estimate of drug-likeness (QED) is 0.250. The van der Waals surface area contributed by atoms with Gasteiger partial charge in [0.2, 0.25) is 5.91 Å². The van der Waals surface area contributed by atoms with Crippen LogP contribution in [0.4, 0.5) is 5.69 Å². The van der Waals surface area contributed by atoms with E-state index in [2.05, 4.69) is 10.3 Å². The third-order valence-electron chi connectivity index (χ3n) is 5.19. The number of fused-ring (bicyclic) bond motifs is 1. The molecule has 33 heavy (non-hydrogen) atoms. The second-order valence-electron chi connectivity index (χ2n) is 7.59. The van der Waals surface area contributed by atoms with E-state index in [4.69, 9.17) is 0 Å². The Morgan fingerprint density at radius 1 is 0.879 bits per heavy atom. The van der Waals surface area contributed by atoms with Crippen LogP contribution in [0.1, 0.15) is 40.1 Å². The summed E-state index contributed by atoms with van der Waals surface area (Å²) in [6.07, 6.45) is 3.08. The predicted molar refractivity (Wildman–Crippen MR) is 126 cm³/mol. The number of ketones is 2. The van der Waals surface area contributed by atoms with E-state index in [1.54, 1.807) is 72.8 Å². The Labute approximate surface area is 190 Å². The maximum atomic E-state index is 12.2. The summed E-state index contributed by atoms with van der Waals surface area (Å²) in [5.74, 6) is -0.0757. The Bertz CT molecular complexity index is 1400. The van der Waals surface area contributed by atoms with Gasteiger partial charge in [0.15, 0.2) is 17.4 Å². The second-order valence-corrected chi connectivity index (χ2v) is 7.59. The van der Waals surface area contributed by atoms with Gasteiger partial charge in [0.1, 0.15) is 5.52 Å². The van der Waals surface area contributed by atoms with Crippen molar-refractivity contribution in [2.75, 3.05) is 5.32 Å². The molecule has 1 amide bonds. The Morgan fingerprint density at radius 2 is 1.52 bits per heavy atom. The number of rotatable bonds is 6. The van der Waals surface area contributed by atoms with Crippen LogP contribution < -0.4 is 5.32 Å². The normalized spacial score (nSPS) is 11.1. The van der Waals surface area contributed by atoms with Crippen molar-refractivity contribution >= 4 is 40.3 Å². The standard InChI is InChI=1S/C26H21N3O4/c1-16(30)19-6-3-18(4-7-19)5-14-25(32)27-22-11-8-20(9-12-22)26-28-23-13-10-21(17(2)31)15-24(23)29(26)33/h3-15,33H,1-2H3,(H,27,32). The lowest BCUT2D eigenvalue weighted by Gasteiger charge is -2.05. The number of anilines is 1. The molecular weight excluding hydrogens is 418 g/mol. The van der Waals surface area contributed by atoms with Crippen LogP contribution in [0.15, 0.2) is 72.8 Å². The average molecular weight is 439 g/mol. The average Bonchev–Trinajstić information content (AvgIpc) is 3.14. The van der Waals surface area contributed by atoms with Gasteiger partial charge in [-0.1, -0.05) is 24.3 Å². The number of hydrogen-bond donors (Lipinski definition) is 2. The zero-order valence-corrected chi connectivity index (χ0v) is 18.1. The van der Waals surface area contributed by atoms with Gasteiger partial charge in [-0.15, -0.1) is 0 Å². The van der Waals surface area contributed by atoms with Crippen LogP contribution in [0, 0.1) is 0 Å². The first kappa shape index (κ1) is 21.7. The molecule has 0 bridgehead atoms. The zero-order chi connectivity index (χ0) is 23.5. The van der Waals surface area contributed by atoms with Crippen LogP contribution >= 0.6 is 0 Å². The number of aromatic nitrogens is 2. The number of carbonyl (C=O) groups is 3. The van der Waals surface area contributed by atoms with E-state index < -0.39 is 0 Å². The molecule has 0 spiro atoms. The van der Waals surface area contributed by atoms with Gasteiger partial charge in [0.25, 0.3) is 0 Å². The van der Waals surface area contributed by atoms with Gasteiger partial charge in [-0.25, -0.2) is 4.98 Å². The molecule has 0 atom stereocenters. The fraction of sp³-hybridized carbons (Fsp3) is 0.0769. The van der Waals surface area contributed by atoms with E-state index in [1.807, 2.05) is 0 Å². The monoisotopic (exact) mass is 439 g/mol. The first-order valence-electron chi connectivity index (χ1n) is 10.2. The van der Waals surface area contributed by atoms with Gasteiger partial charge in [0.05, 0.1) is 5.52 Å². The highest BCUT2D eigenvalue weighted by Crippen LogP contribution is 2.25. The van der Waals surface area contributed by atoms with Gasteiger partial charge in [-0.3, -0.25) is 14.4 Å². The summed E-state index contributed by atoms with van der Waals surface area (Å²) in [4.78, 5) is 39.6. The van der Waals surface area contributed by atoms with Crippen LogP contribution in [-0.4, -0.2) is 32.4 Å². The van der Waals surface area contributed by atoms with Crippen molar-refractivity contribution < 1.29 is 19.6 Å².